The zero-order chi connectivity index (χ0) is 15.1. The summed E-state index contributed by atoms with van der Waals surface area (Å²) in [5.41, 5.74) is 0.333. The molecule has 0 saturated carbocycles. The maximum Gasteiger partial charge on any atom is 0.333 e. The molecule has 0 spiro atoms. The van der Waals surface area contributed by atoms with E-state index in [9.17, 15) is 14.4 Å². The minimum Gasteiger partial charge on any atom is -0.460 e. The Labute approximate surface area is 111 Å². The molecule has 1 N–H and O–H groups in total. The molecule has 7 nitrogen and oxygen atoms in total. The average Bonchev–Trinajstić information content (AvgIpc) is 2.41. The summed E-state index contributed by atoms with van der Waals surface area (Å²) in [7, 11) is 0. The van der Waals surface area contributed by atoms with Crippen LogP contribution in [-0.2, 0) is 23.9 Å². The monoisotopic (exact) mass is 271 g/mol. The lowest BCUT2D eigenvalue weighted by atomic mass is 10.4. The van der Waals surface area contributed by atoms with Gasteiger partial charge in [-0.1, -0.05) is 13.2 Å². The van der Waals surface area contributed by atoms with E-state index in [1.165, 1.54) is 6.08 Å². The first kappa shape index (κ1) is 19.1. The van der Waals surface area contributed by atoms with E-state index in [-0.39, 0.29) is 26.4 Å². The zero-order valence-corrected chi connectivity index (χ0v) is 10.8. The summed E-state index contributed by atoms with van der Waals surface area (Å²) in [6.45, 7) is 8.24. The van der Waals surface area contributed by atoms with Gasteiger partial charge >= 0.3 is 11.9 Å². The maximum absolute atomic E-state index is 10.6. The largest absolute Gasteiger partial charge is 0.460 e. The standard InChI is InChI=1S/C7H9NO3.C5H8O3/c1-6(2)7(10)11-4-3-8-5-9;1-2-5(7)8-4-3-6/h1,3-4H2,2H3;2,6H,1,3-4H2. The molecule has 0 saturated heterocycles. The highest BCUT2D eigenvalue weighted by Crippen LogP contribution is 1.90. The quantitative estimate of drug-likeness (QED) is 0.232. The second kappa shape index (κ2) is 13.8. The summed E-state index contributed by atoms with van der Waals surface area (Å²) in [6, 6.07) is 0. The lowest BCUT2D eigenvalue weighted by Crippen LogP contribution is -2.07. The van der Waals surface area contributed by atoms with Gasteiger partial charge in [-0.3, -0.25) is 0 Å². The average molecular weight is 271 g/mol. The van der Waals surface area contributed by atoms with Crippen molar-refractivity contribution in [3.8, 4) is 0 Å². The van der Waals surface area contributed by atoms with E-state index in [0.717, 1.165) is 6.08 Å². The number of aliphatic hydroxyl groups excluding tert-OH is 1. The van der Waals surface area contributed by atoms with Crippen LogP contribution in [0.1, 0.15) is 6.92 Å². The van der Waals surface area contributed by atoms with Gasteiger partial charge < -0.3 is 14.6 Å². The normalized spacial score (nSPS) is 8.11. The fraction of sp³-hybridized carbons (Fsp3) is 0.417. The van der Waals surface area contributed by atoms with Crippen molar-refractivity contribution >= 4 is 18.0 Å². The van der Waals surface area contributed by atoms with E-state index in [2.05, 4.69) is 27.6 Å². The number of isocyanates is 1. The molecule has 0 aromatic heterocycles. The van der Waals surface area contributed by atoms with Gasteiger partial charge in [0, 0.05) is 11.6 Å². The molecule has 19 heavy (non-hydrogen) atoms. The summed E-state index contributed by atoms with van der Waals surface area (Å²) >= 11 is 0. The van der Waals surface area contributed by atoms with Crippen molar-refractivity contribution in [2.24, 2.45) is 4.99 Å². The Bertz CT molecular complexity index is 357. The maximum atomic E-state index is 10.6. The Morgan fingerprint density at radius 3 is 2.42 bits per heavy atom. The molecule has 0 aliphatic rings. The predicted molar refractivity (Wildman–Crippen MR) is 67.0 cm³/mol. The van der Waals surface area contributed by atoms with Gasteiger partial charge in [0.1, 0.15) is 13.2 Å². The lowest BCUT2D eigenvalue weighted by Gasteiger charge is -1.99. The molecule has 0 heterocycles. The van der Waals surface area contributed by atoms with E-state index in [1.54, 1.807) is 6.92 Å². The van der Waals surface area contributed by atoms with Crippen molar-refractivity contribution in [1.82, 2.24) is 0 Å². The zero-order valence-electron chi connectivity index (χ0n) is 10.8. The number of hydrogen-bond acceptors (Lipinski definition) is 7. The molecule has 0 rings (SSSR count). The number of aliphatic hydroxyl groups is 1. The highest BCUT2D eigenvalue weighted by molar-refractivity contribution is 5.86. The van der Waals surface area contributed by atoms with Gasteiger partial charge in [-0.05, 0) is 6.92 Å². The molecule has 0 unspecified atom stereocenters. The smallest absolute Gasteiger partial charge is 0.333 e. The molecular weight excluding hydrogens is 254 g/mol. The van der Waals surface area contributed by atoms with Crippen molar-refractivity contribution in [2.45, 2.75) is 6.92 Å². The number of ether oxygens (including phenoxy) is 2. The lowest BCUT2D eigenvalue weighted by molar-refractivity contribution is -0.139. The molecule has 0 amide bonds. The van der Waals surface area contributed by atoms with Crippen molar-refractivity contribution in [1.29, 1.82) is 0 Å². The molecule has 7 heteroatoms. The number of nitrogens with zero attached hydrogens (tertiary/aromatic N) is 1. The van der Waals surface area contributed by atoms with Crippen molar-refractivity contribution in [3.63, 3.8) is 0 Å². The van der Waals surface area contributed by atoms with Crippen LogP contribution in [0.2, 0.25) is 0 Å². The Morgan fingerprint density at radius 1 is 1.37 bits per heavy atom. The molecule has 0 atom stereocenters. The second-order valence-electron chi connectivity index (χ2n) is 2.98. The van der Waals surface area contributed by atoms with Crippen LogP contribution in [-0.4, -0.2) is 49.5 Å². The third-order valence-electron chi connectivity index (χ3n) is 1.35. The first-order chi connectivity index (χ1) is 8.99. The van der Waals surface area contributed by atoms with Crippen LogP contribution in [0.15, 0.2) is 29.8 Å². The number of rotatable bonds is 7. The summed E-state index contributed by atoms with van der Waals surface area (Å²) < 4.78 is 8.93. The molecule has 0 aromatic carbocycles. The molecule has 0 radical (unpaired) electrons. The fourth-order valence-electron chi connectivity index (χ4n) is 0.558. The topological polar surface area (TPSA) is 102 Å². The molecule has 0 fully saturated rings. The van der Waals surface area contributed by atoms with Crippen molar-refractivity contribution < 1.29 is 29.0 Å². The second-order valence-corrected chi connectivity index (χ2v) is 2.98. The molecular formula is C12H17NO6. The molecule has 0 bridgehead atoms. The Kier molecular flexibility index (Phi) is 13.9. The van der Waals surface area contributed by atoms with E-state index in [0.29, 0.717) is 5.57 Å². The number of esters is 2. The van der Waals surface area contributed by atoms with Gasteiger partial charge in [0.25, 0.3) is 0 Å². The third kappa shape index (κ3) is 15.8. The number of aliphatic imine (C=N–C) groups is 1. The van der Waals surface area contributed by atoms with Crippen LogP contribution >= 0.6 is 0 Å². The van der Waals surface area contributed by atoms with E-state index < -0.39 is 11.9 Å². The first-order valence-corrected chi connectivity index (χ1v) is 5.25. The van der Waals surface area contributed by atoms with E-state index in [1.807, 2.05) is 0 Å². The minimum absolute atomic E-state index is 0.0465. The van der Waals surface area contributed by atoms with Crippen LogP contribution in [0.3, 0.4) is 0 Å². The molecule has 0 aliphatic heterocycles. The molecule has 106 valence electrons. The van der Waals surface area contributed by atoms with Gasteiger partial charge in [-0.15, -0.1) is 0 Å². The van der Waals surface area contributed by atoms with Gasteiger partial charge in [0.2, 0.25) is 6.08 Å². The fourth-order valence-corrected chi connectivity index (χ4v) is 0.558. The van der Waals surface area contributed by atoms with Crippen LogP contribution in [0.4, 0.5) is 0 Å². The summed E-state index contributed by atoms with van der Waals surface area (Å²) in [4.78, 5) is 33.5. The van der Waals surface area contributed by atoms with Gasteiger partial charge in [-0.25, -0.2) is 19.4 Å². The summed E-state index contributed by atoms with van der Waals surface area (Å²) in [5, 5.41) is 8.10. The van der Waals surface area contributed by atoms with Crippen LogP contribution in [0.25, 0.3) is 0 Å². The van der Waals surface area contributed by atoms with Crippen LogP contribution < -0.4 is 0 Å². The van der Waals surface area contributed by atoms with Crippen LogP contribution in [0.5, 0.6) is 0 Å². The Balaban J connectivity index is 0. The SMILES string of the molecule is C=C(C)C(=O)OCCN=C=O.C=CC(=O)OCCO. The van der Waals surface area contributed by atoms with E-state index in [4.69, 9.17) is 5.11 Å². The molecule has 0 aromatic rings. The van der Waals surface area contributed by atoms with Gasteiger partial charge in [-0.2, -0.15) is 0 Å². The predicted octanol–water partition coefficient (Wildman–Crippen LogP) is 0.149. The van der Waals surface area contributed by atoms with E-state index >= 15 is 0 Å². The Hall–Kier alpha value is -2.24. The minimum atomic E-state index is -0.501. The number of carbonyl (C=O) groups excluding carboxylic acids is 3. The summed E-state index contributed by atoms with van der Waals surface area (Å²) in [6.07, 6.45) is 2.38. The van der Waals surface area contributed by atoms with Gasteiger partial charge in [0.05, 0.1) is 13.2 Å². The van der Waals surface area contributed by atoms with Crippen LogP contribution in [0, 0.1) is 0 Å². The number of carbonyl (C=O) groups is 2. The Morgan fingerprint density at radius 2 is 2.00 bits per heavy atom. The first-order valence-electron chi connectivity index (χ1n) is 5.25. The third-order valence-corrected chi connectivity index (χ3v) is 1.35. The molecule has 0 aliphatic carbocycles. The number of hydrogen-bond donors (Lipinski definition) is 1. The van der Waals surface area contributed by atoms with Crippen molar-refractivity contribution in [2.75, 3.05) is 26.4 Å². The van der Waals surface area contributed by atoms with Crippen molar-refractivity contribution in [3.05, 3.63) is 24.8 Å². The highest BCUT2D eigenvalue weighted by Gasteiger charge is 2.00. The van der Waals surface area contributed by atoms with Gasteiger partial charge in [0.15, 0.2) is 0 Å². The highest BCUT2D eigenvalue weighted by atomic mass is 16.5. The summed E-state index contributed by atoms with van der Waals surface area (Å²) in [5.74, 6) is -0.967.